The summed E-state index contributed by atoms with van der Waals surface area (Å²) in [6, 6.07) is 28.2. The second-order valence-corrected chi connectivity index (χ2v) is 11.8. The molecule has 190 valence electrons. The van der Waals surface area contributed by atoms with Gasteiger partial charge in [-0.3, -0.25) is 4.79 Å². The van der Waals surface area contributed by atoms with E-state index in [9.17, 15) is 13.2 Å². The Kier molecular flexibility index (Phi) is 7.34. The first kappa shape index (κ1) is 26.1. The van der Waals surface area contributed by atoms with E-state index >= 15 is 0 Å². The van der Waals surface area contributed by atoms with E-state index in [0.717, 1.165) is 11.1 Å². The van der Waals surface area contributed by atoms with E-state index in [4.69, 9.17) is 4.18 Å². The summed E-state index contributed by atoms with van der Waals surface area (Å²) in [5.74, 6) is -0.293. The van der Waals surface area contributed by atoms with Crippen molar-refractivity contribution >= 4 is 65.4 Å². The zero-order valence-corrected chi connectivity index (χ0v) is 24.0. The summed E-state index contributed by atoms with van der Waals surface area (Å²) in [5.41, 5.74) is 3.42. The van der Waals surface area contributed by atoms with Gasteiger partial charge in [-0.25, -0.2) is 0 Å². The van der Waals surface area contributed by atoms with Crippen molar-refractivity contribution in [1.82, 2.24) is 0 Å². The highest BCUT2D eigenvalue weighted by atomic mass is 79.9. The smallest absolute Gasteiger partial charge is 0.339 e. The zero-order chi connectivity index (χ0) is 26.9. The highest BCUT2D eigenvalue weighted by Crippen LogP contribution is 2.38. The fraction of sp³-hybridized carbons (Fsp3) is 0.0345. The molecule has 1 heterocycles. The maximum Gasteiger partial charge on any atom is 0.339 e. The number of hydrogen-bond acceptors (Lipinski definition) is 5. The van der Waals surface area contributed by atoms with Crippen molar-refractivity contribution in [2.75, 3.05) is 5.01 Å². The Morgan fingerprint density at radius 1 is 0.868 bits per heavy atom. The van der Waals surface area contributed by atoms with Gasteiger partial charge in [0.2, 0.25) is 0 Å². The Hall–Kier alpha value is -3.53. The third kappa shape index (κ3) is 5.36. The van der Waals surface area contributed by atoms with Gasteiger partial charge >= 0.3 is 10.1 Å². The molecule has 0 spiro atoms. The summed E-state index contributed by atoms with van der Waals surface area (Å²) in [4.78, 5) is 13.7. The lowest BCUT2D eigenvalue weighted by atomic mass is 10.00. The number of hydrogen-bond donors (Lipinski definition) is 0. The van der Waals surface area contributed by atoms with Gasteiger partial charge in [0, 0.05) is 15.6 Å². The van der Waals surface area contributed by atoms with Crippen molar-refractivity contribution in [2.24, 2.45) is 5.10 Å². The highest BCUT2D eigenvalue weighted by molar-refractivity contribution is 9.11. The maximum absolute atomic E-state index is 13.7. The molecule has 5 rings (SSSR count). The van der Waals surface area contributed by atoms with Crippen LogP contribution in [-0.2, 0) is 14.9 Å². The topological polar surface area (TPSA) is 76.0 Å². The number of nitrogens with zero attached hydrogens (tertiary/aromatic N) is 2. The van der Waals surface area contributed by atoms with Crippen LogP contribution >= 0.6 is 31.9 Å². The third-order valence-corrected chi connectivity index (χ3v) is 8.05. The Morgan fingerprint density at radius 3 is 2.16 bits per heavy atom. The maximum atomic E-state index is 13.7. The average Bonchev–Trinajstić information content (AvgIpc) is 3.23. The van der Waals surface area contributed by atoms with Crippen molar-refractivity contribution < 1.29 is 17.4 Å². The van der Waals surface area contributed by atoms with Crippen LogP contribution in [0.5, 0.6) is 5.75 Å². The SMILES string of the molecule is Cc1ccc(S(=O)(=O)Oc2c(Br)cc(Br)cc2/C=C2\C(=O)N(c3ccccc3)N=C2c2ccccc2)cc1. The minimum absolute atomic E-state index is 0.0234. The van der Waals surface area contributed by atoms with E-state index in [2.05, 4.69) is 37.0 Å². The van der Waals surface area contributed by atoms with Crippen LogP contribution in [0.25, 0.3) is 6.08 Å². The number of anilines is 1. The molecule has 1 aliphatic heterocycles. The van der Waals surface area contributed by atoms with E-state index in [0.29, 0.717) is 31.5 Å². The summed E-state index contributed by atoms with van der Waals surface area (Å²) >= 11 is 6.90. The number of carbonyl (C=O) groups excluding carboxylic acids is 1. The predicted molar refractivity (Wildman–Crippen MR) is 156 cm³/mol. The van der Waals surface area contributed by atoms with E-state index in [1.807, 2.05) is 55.5 Å². The molecular weight excluding hydrogens is 632 g/mol. The van der Waals surface area contributed by atoms with Gasteiger partial charge in [0.1, 0.15) is 10.6 Å². The second kappa shape index (κ2) is 10.7. The predicted octanol–water partition coefficient (Wildman–Crippen LogP) is 7.12. The molecule has 9 heteroatoms. The van der Waals surface area contributed by atoms with E-state index < -0.39 is 10.1 Å². The van der Waals surface area contributed by atoms with Crippen molar-refractivity contribution in [2.45, 2.75) is 11.8 Å². The summed E-state index contributed by atoms with van der Waals surface area (Å²) in [6.45, 7) is 1.87. The lowest BCUT2D eigenvalue weighted by Crippen LogP contribution is -2.21. The molecular formula is C29H20Br2N2O4S. The minimum Gasteiger partial charge on any atom is -0.377 e. The van der Waals surface area contributed by atoms with Gasteiger partial charge in [-0.1, -0.05) is 82.2 Å². The summed E-state index contributed by atoms with van der Waals surface area (Å²) in [6.07, 6.45) is 1.60. The lowest BCUT2D eigenvalue weighted by molar-refractivity contribution is -0.114. The number of para-hydroxylation sites is 1. The van der Waals surface area contributed by atoms with Gasteiger partial charge in [0.05, 0.1) is 15.7 Å². The lowest BCUT2D eigenvalue weighted by Gasteiger charge is -2.14. The van der Waals surface area contributed by atoms with Gasteiger partial charge in [0.15, 0.2) is 5.75 Å². The fourth-order valence-electron chi connectivity index (χ4n) is 3.89. The molecule has 0 saturated heterocycles. The molecule has 0 bridgehead atoms. The average molecular weight is 652 g/mol. The van der Waals surface area contributed by atoms with E-state index in [-0.39, 0.29) is 16.6 Å². The van der Waals surface area contributed by atoms with Gasteiger partial charge in [-0.15, -0.1) is 0 Å². The van der Waals surface area contributed by atoms with Crippen molar-refractivity contribution in [3.8, 4) is 5.75 Å². The number of amides is 1. The molecule has 4 aromatic carbocycles. The number of halogens is 2. The molecule has 0 unspecified atom stereocenters. The van der Waals surface area contributed by atoms with Gasteiger partial charge < -0.3 is 4.18 Å². The van der Waals surface area contributed by atoms with Crippen LogP contribution < -0.4 is 9.19 Å². The minimum atomic E-state index is -4.15. The molecule has 6 nitrogen and oxygen atoms in total. The van der Waals surface area contributed by atoms with Gasteiger partial charge in [-0.05, 0) is 65.3 Å². The molecule has 1 aliphatic rings. The second-order valence-electron chi connectivity index (χ2n) is 8.48. The van der Waals surface area contributed by atoms with Crippen LogP contribution in [0.2, 0.25) is 0 Å². The van der Waals surface area contributed by atoms with Crippen molar-refractivity contribution in [3.63, 3.8) is 0 Å². The molecule has 0 N–H and O–H groups in total. The quantitative estimate of drug-likeness (QED) is 0.164. The monoisotopic (exact) mass is 650 g/mol. The van der Waals surface area contributed by atoms with Crippen molar-refractivity contribution in [1.29, 1.82) is 0 Å². The molecule has 0 radical (unpaired) electrons. The van der Waals surface area contributed by atoms with Crippen LogP contribution in [0.3, 0.4) is 0 Å². The summed E-state index contributed by atoms with van der Waals surface area (Å²) < 4.78 is 33.0. The normalized spacial score (nSPS) is 14.6. The Morgan fingerprint density at radius 2 is 1.50 bits per heavy atom. The van der Waals surface area contributed by atoms with Crippen LogP contribution in [-0.4, -0.2) is 20.0 Å². The number of carbonyl (C=O) groups is 1. The summed E-state index contributed by atoms with van der Waals surface area (Å²) in [5, 5.41) is 5.98. The Balaban J connectivity index is 1.63. The fourth-order valence-corrected chi connectivity index (χ4v) is 6.31. The molecule has 0 saturated carbocycles. The Labute approximate surface area is 237 Å². The molecule has 0 aromatic heterocycles. The molecule has 0 aliphatic carbocycles. The molecule has 0 atom stereocenters. The molecule has 1 amide bonds. The zero-order valence-electron chi connectivity index (χ0n) is 20.0. The molecule has 0 fully saturated rings. The first-order valence-corrected chi connectivity index (χ1v) is 14.5. The first-order chi connectivity index (χ1) is 18.2. The third-order valence-electron chi connectivity index (χ3n) is 5.77. The van der Waals surface area contributed by atoms with Crippen molar-refractivity contribution in [3.05, 3.63) is 128 Å². The van der Waals surface area contributed by atoms with Crippen LogP contribution in [0.1, 0.15) is 16.7 Å². The van der Waals surface area contributed by atoms with Crippen LogP contribution in [0, 0.1) is 6.92 Å². The van der Waals surface area contributed by atoms with Gasteiger partial charge in [-0.2, -0.15) is 18.5 Å². The number of rotatable bonds is 6. The van der Waals surface area contributed by atoms with Crippen LogP contribution in [0.4, 0.5) is 5.69 Å². The largest absolute Gasteiger partial charge is 0.377 e. The number of benzene rings is 4. The molecule has 4 aromatic rings. The first-order valence-electron chi connectivity index (χ1n) is 11.5. The molecule has 38 heavy (non-hydrogen) atoms. The van der Waals surface area contributed by atoms with E-state index in [1.54, 1.807) is 42.5 Å². The van der Waals surface area contributed by atoms with Crippen LogP contribution in [0.15, 0.2) is 122 Å². The standard InChI is InChI=1S/C29H20Br2N2O4S/c1-19-12-14-24(15-13-19)38(35,36)37-28-21(16-22(30)18-26(28)31)17-25-27(20-8-4-2-5-9-20)32-33(29(25)34)23-10-6-3-7-11-23/h2-18H,1H3/b25-17-. The highest BCUT2D eigenvalue weighted by Gasteiger charge is 2.33. The number of hydrazone groups is 1. The Bertz CT molecular complexity index is 1690. The van der Waals surface area contributed by atoms with Gasteiger partial charge in [0.25, 0.3) is 5.91 Å². The van der Waals surface area contributed by atoms with E-state index in [1.165, 1.54) is 17.1 Å². The number of aryl methyl sites for hydroxylation is 1. The summed E-state index contributed by atoms with van der Waals surface area (Å²) in [7, 11) is -4.15.